The lowest BCUT2D eigenvalue weighted by Gasteiger charge is -2.29. The van der Waals surface area contributed by atoms with Crippen LogP contribution in [0.3, 0.4) is 0 Å². The molecule has 1 unspecified atom stereocenters. The van der Waals surface area contributed by atoms with Gasteiger partial charge < -0.3 is 10.2 Å². The van der Waals surface area contributed by atoms with Crippen molar-refractivity contribution in [2.75, 3.05) is 20.1 Å². The SMILES string of the molecule is CC(=O)N(C)CCC1CCN1. The Balaban J connectivity index is 2.05. The third kappa shape index (κ3) is 2.50. The van der Waals surface area contributed by atoms with Crippen molar-refractivity contribution >= 4 is 5.91 Å². The smallest absolute Gasteiger partial charge is 0.219 e. The van der Waals surface area contributed by atoms with Crippen LogP contribution in [0.2, 0.25) is 0 Å². The van der Waals surface area contributed by atoms with Crippen LogP contribution in [-0.4, -0.2) is 37.0 Å². The zero-order chi connectivity index (χ0) is 8.27. The van der Waals surface area contributed by atoms with Gasteiger partial charge in [-0.2, -0.15) is 0 Å². The summed E-state index contributed by atoms with van der Waals surface area (Å²) in [5.74, 6) is 0.157. The van der Waals surface area contributed by atoms with Crippen molar-refractivity contribution in [1.29, 1.82) is 0 Å². The van der Waals surface area contributed by atoms with Crippen molar-refractivity contribution in [2.45, 2.75) is 25.8 Å². The minimum Gasteiger partial charge on any atom is -0.346 e. The average Bonchev–Trinajstić information content (AvgIpc) is 1.83. The molecule has 0 bridgehead atoms. The zero-order valence-corrected chi connectivity index (χ0v) is 7.26. The van der Waals surface area contributed by atoms with Crippen LogP contribution >= 0.6 is 0 Å². The molecule has 11 heavy (non-hydrogen) atoms. The second kappa shape index (κ2) is 3.72. The molecule has 1 fully saturated rings. The third-order valence-corrected chi connectivity index (χ3v) is 2.28. The van der Waals surface area contributed by atoms with Gasteiger partial charge in [-0.1, -0.05) is 0 Å². The summed E-state index contributed by atoms with van der Waals surface area (Å²) in [4.78, 5) is 12.5. The van der Waals surface area contributed by atoms with Gasteiger partial charge in [-0.15, -0.1) is 0 Å². The summed E-state index contributed by atoms with van der Waals surface area (Å²) in [5.41, 5.74) is 0. The van der Waals surface area contributed by atoms with Crippen LogP contribution in [0.25, 0.3) is 0 Å². The minimum absolute atomic E-state index is 0.157. The van der Waals surface area contributed by atoms with E-state index in [4.69, 9.17) is 0 Å². The van der Waals surface area contributed by atoms with Gasteiger partial charge in [-0.25, -0.2) is 0 Å². The molecule has 0 aliphatic carbocycles. The Bertz CT molecular complexity index is 143. The monoisotopic (exact) mass is 156 g/mol. The molecule has 1 aliphatic heterocycles. The first-order valence-electron chi connectivity index (χ1n) is 4.15. The second-order valence-corrected chi connectivity index (χ2v) is 3.17. The number of carbonyl (C=O) groups is 1. The first-order chi connectivity index (χ1) is 5.20. The van der Waals surface area contributed by atoms with Crippen molar-refractivity contribution in [3.63, 3.8) is 0 Å². The van der Waals surface area contributed by atoms with Crippen LogP contribution < -0.4 is 5.32 Å². The van der Waals surface area contributed by atoms with Crippen LogP contribution in [0.5, 0.6) is 0 Å². The molecular weight excluding hydrogens is 140 g/mol. The van der Waals surface area contributed by atoms with Crippen LogP contribution in [0.1, 0.15) is 19.8 Å². The fourth-order valence-electron chi connectivity index (χ4n) is 1.10. The van der Waals surface area contributed by atoms with Crippen molar-refractivity contribution < 1.29 is 4.79 Å². The number of hydrogen-bond acceptors (Lipinski definition) is 2. The molecule has 0 radical (unpaired) electrons. The number of rotatable bonds is 3. The van der Waals surface area contributed by atoms with Gasteiger partial charge in [0.1, 0.15) is 0 Å². The van der Waals surface area contributed by atoms with Crippen molar-refractivity contribution in [3.05, 3.63) is 0 Å². The van der Waals surface area contributed by atoms with E-state index in [9.17, 15) is 4.79 Å². The molecule has 3 nitrogen and oxygen atoms in total. The number of hydrogen-bond donors (Lipinski definition) is 1. The summed E-state index contributed by atoms with van der Waals surface area (Å²) in [6.45, 7) is 3.63. The first-order valence-corrected chi connectivity index (χ1v) is 4.15. The Morgan fingerprint density at radius 3 is 2.73 bits per heavy atom. The van der Waals surface area contributed by atoms with E-state index >= 15 is 0 Å². The van der Waals surface area contributed by atoms with Gasteiger partial charge in [0.05, 0.1) is 0 Å². The molecule has 3 heteroatoms. The Labute approximate surface area is 67.8 Å². The van der Waals surface area contributed by atoms with Crippen LogP contribution in [0.4, 0.5) is 0 Å². The molecule has 1 rings (SSSR count). The summed E-state index contributed by atoms with van der Waals surface area (Å²) in [5, 5.41) is 3.30. The van der Waals surface area contributed by atoms with E-state index < -0.39 is 0 Å². The van der Waals surface area contributed by atoms with Gasteiger partial charge in [0.2, 0.25) is 5.91 Å². The maximum absolute atomic E-state index is 10.8. The van der Waals surface area contributed by atoms with Crippen LogP contribution in [0.15, 0.2) is 0 Å². The molecule has 0 aromatic heterocycles. The normalized spacial score (nSPS) is 22.5. The standard InChI is InChI=1S/C8H16N2O/c1-7(11)10(2)6-4-8-3-5-9-8/h8-9H,3-6H2,1-2H3. The highest BCUT2D eigenvalue weighted by atomic mass is 16.2. The molecular formula is C8H16N2O. The van der Waals surface area contributed by atoms with Crippen molar-refractivity contribution in [1.82, 2.24) is 10.2 Å². The minimum atomic E-state index is 0.157. The molecule has 0 spiro atoms. The molecule has 1 saturated heterocycles. The molecule has 64 valence electrons. The van der Waals surface area contributed by atoms with Gasteiger partial charge in [0.25, 0.3) is 0 Å². The maximum Gasteiger partial charge on any atom is 0.219 e. The largest absolute Gasteiger partial charge is 0.346 e. The summed E-state index contributed by atoms with van der Waals surface area (Å²) in [7, 11) is 1.85. The number of nitrogens with one attached hydrogen (secondary N) is 1. The highest BCUT2D eigenvalue weighted by Gasteiger charge is 2.16. The molecule has 1 amide bonds. The highest BCUT2D eigenvalue weighted by Crippen LogP contribution is 2.06. The van der Waals surface area contributed by atoms with Crippen LogP contribution in [-0.2, 0) is 4.79 Å². The quantitative estimate of drug-likeness (QED) is 0.634. The van der Waals surface area contributed by atoms with E-state index in [1.165, 1.54) is 6.42 Å². The molecule has 1 heterocycles. The van der Waals surface area contributed by atoms with Gasteiger partial charge in [0.15, 0.2) is 0 Å². The van der Waals surface area contributed by atoms with E-state index in [1.54, 1.807) is 11.8 Å². The van der Waals surface area contributed by atoms with E-state index in [0.717, 1.165) is 19.5 Å². The van der Waals surface area contributed by atoms with Crippen molar-refractivity contribution in [3.8, 4) is 0 Å². The van der Waals surface area contributed by atoms with Crippen molar-refractivity contribution in [2.24, 2.45) is 0 Å². The summed E-state index contributed by atoms with van der Waals surface area (Å²) >= 11 is 0. The molecule has 1 aliphatic rings. The lowest BCUT2D eigenvalue weighted by molar-refractivity contribution is -0.127. The maximum atomic E-state index is 10.8. The van der Waals surface area contributed by atoms with Gasteiger partial charge >= 0.3 is 0 Å². The summed E-state index contributed by atoms with van der Waals surface area (Å²) in [6.07, 6.45) is 2.36. The number of carbonyl (C=O) groups excluding carboxylic acids is 1. The Kier molecular flexibility index (Phi) is 2.88. The lowest BCUT2D eigenvalue weighted by Crippen LogP contribution is -2.44. The van der Waals surface area contributed by atoms with E-state index in [0.29, 0.717) is 6.04 Å². The molecule has 0 aromatic rings. The number of amides is 1. The van der Waals surface area contributed by atoms with Crippen LogP contribution in [0, 0.1) is 0 Å². The fraction of sp³-hybridized carbons (Fsp3) is 0.875. The van der Waals surface area contributed by atoms with Gasteiger partial charge in [0, 0.05) is 26.6 Å². The molecule has 1 N–H and O–H groups in total. The number of nitrogens with zero attached hydrogens (tertiary/aromatic N) is 1. The molecule has 0 aromatic carbocycles. The average molecular weight is 156 g/mol. The fourth-order valence-corrected chi connectivity index (χ4v) is 1.10. The summed E-state index contributed by atoms with van der Waals surface area (Å²) in [6, 6.07) is 0.664. The lowest BCUT2D eigenvalue weighted by atomic mass is 10.0. The van der Waals surface area contributed by atoms with E-state index in [-0.39, 0.29) is 5.91 Å². The second-order valence-electron chi connectivity index (χ2n) is 3.17. The first kappa shape index (κ1) is 8.53. The van der Waals surface area contributed by atoms with Gasteiger partial charge in [-0.3, -0.25) is 4.79 Å². The Hall–Kier alpha value is -0.570. The highest BCUT2D eigenvalue weighted by molar-refractivity contribution is 5.72. The molecule has 0 saturated carbocycles. The third-order valence-electron chi connectivity index (χ3n) is 2.28. The Morgan fingerprint density at radius 2 is 2.36 bits per heavy atom. The van der Waals surface area contributed by atoms with E-state index in [1.807, 2.05) is 7.05 Å². The van der Waals surface area contributed by atoms with Gasteiger partial charge in [-0.05, 0) is 19.4 Å². The van der Waals surface area contributed by atoms with E-state index in [2.05, 4.69) is 5.32 Å². The predicted octanol–water partition coefficient (Wildman–Crippen LogP) is 0.217. The Morgan fingerprint density at radius 1 is 1.73 bits per heavy atom. The zero-order valence-electron chi connectivity index (χ0n) is 7.26. The molecule has 1 atom stereocenters. The predicted molar refractivity (Wildman–Crippen MR) is 44.3 cm³/mol. The topological polar surface area (TPSA) is 32.3 Å². The summed E-state index contributed by atoms with van der Waals surface area (Å²) < 4.78 is 0.